The topological polar surface area (TPSA) is 83.1 Å². The fourth-order valence-electron chi connectivity index (χ4n) is 2.83. The van der Waals surface area contributed by atoms with Crippen LogP contribution in [0.3, 0.4) is 0 Å². The quantitative estimate of drug-likeness (QED) is 0.522. The maximum atomic E-state index is 4.64. The standard InChI is InChI=1S/C18H12N6/c1-2-6-14-13(5-1)21-18(22-14)17-12-8-15(11-4-3-7-19-9-11)20-10-16(12)23-24-17/h1-10H,(H,21,22)(H,23,24). The van der Waals surface area contributed by atoms with Crippen LogP contribution in [0.4, 0.5) is 0 Å². The Morgan fingerprint density at radius 3 is 2.75 bits per heavy atom. The molecule has 0 aliphatic rings. The highest BCUT2D eigenvalue weighted by Gasteiger charge is 2.14. The van der Waals surface area contributed by atoms with Gasteiger partial charge in [0.15, 0.2) is 5.82 Å². The van der Waals surface area contributed by atoms with Crippen molar-refractivity contribution >= 4 is 21.9 Å². The van der Waals surface area contributed by atoms with Crippen LogP contribution < -0.4 is 0 Å². The third-order valence-corrected chi connectivity index (χ3v) is 4.02. The van der Waals surface area contributed by atoms with E-state index in [0.29, 0.717) is 0 Å². The molecule has 0 radical (unpaired) electrons. The molecule has 4 aromatic heterocycles. The normalized spacial score (nSPS) is 11.3. The van der Waals surface area contributed by atoms with E-state index in [1.165, 1.54) is 0 Å². The van der Waals surface area contributed by atoms with E-state index >= 15 is 0 Å². The van der Waals surface area contributed by atoms with Crippen molar-refractivity contribution in [2.45, 2.75) is 0 Å². The first-order chi connectivity index (χ1) is 11.9. The van der Waals surface area contributed by atoms with Crippen LogP contribution in [-0.2, 0) is 0 Å². The van der Waals surface area contributed by atoms with E-state index in [1.807, 2.05) is 42.5 Å². The smallest absolute Gasteiger partial charge is 0.159 e. The summed E-state index contributed by atoms with van der Waals surface area (Å²) in [5.74, 6) is 0.741. The summed E-state index contributed by atoms with van der Waals surface area (Å²) in [5, 5.41) is 8.42. The van der Waals surface area contributed by atoms with Gasteiger partial charge in [0.2, 0.25) is 0 Å². The lowest BCUT2D eigenvalue weighted by Gasteiger charge is -2.00. The second kappa shape index (κ2) is 4.99. The summed E-state index contributed by atoms with van der Waals surface area (Å²) in [6.07, 6.45) is 5.34. The van der Waals surface area contributed by atoms with Crippen molar-refractivity contribution in [2.24, 2.45) is 0 Å². The van der Waals surface area contributed by atoms with Gasteiger partial charge in [0, 0.05) is 23.3 Å². The van der Waals surface area contributed by atoms with Crippen molar-refractivity contribution in [3.63, 3.8) is 0 Å². The van der Waals surface area contributed by atoms with Gasteiger partial charge in [0.25, 0.3) is 0 Å². The first-order valence-corrected chi connectivity index (χ1v) is 7.58. The molecule has 0 bridgehead atoms. The molecule has 6 nitrogen and oxygen atoms in total. The Balaban J connectivity index is 1.71. The van der Waals surface area contributed by atoms with Gasteiger partial charge in [-0.25, -0.2) is 4.98 Å². The number of benzene rings is 1. The van der Waals surface area contributed by atoms with Gasteiger partial charge in [0.1, 0.15) is 5.69 Å². The van der Waals surface area contributed by atoms with Crippen molar-refractivity contribution in [1.29, 1.82) is 0 Å². The zero-order valence-corrected chi connectivity index (χ0v) is 12.6. The molecule has 5 aromatic rings. The largest absolute Gasteiger partial charge is 0.337 e. The van der Waals surface area contributed by atoms with Crippen molar-refractivity contribution in [3.8, 4) is 22.8 Å². The van der Waals surface area contributed by atoms with E-state index in [4.69, 9.17) is 0 Å². The molecular formula is C18H12N6. The fourth-order valence-corrected chi connectivity index (χ4v) is 2.83. The Labute approximate surface area is 136 Å². The van der Waals surface area contributed by atoms with Crippen LogP contribution in [0.15, 0.2) is 61.1 Å². The SMILES string of the molecule is c1cncc(-c2cc3c(-c4nc5ccccc5[nH]4)n[nH]c3cn2)c1. The number of hydrogen-bond acceptors (Lipinski definition) is 4. The third kappa shape index (κ3) is 1.97. The number of aromatic amines is 2. The molecule has 114 valence electrons. The number of para-hydroxylation sites is 2. The fraction of sp³-hybridized carbons (Fsp3) is 0. The molecule has 0 atom stereocenters. The summed E-state index contributed by atoms with van der Waals surface area (Å²) < 4.78 is 0. The van der Waals surface area contributed by atoms with E-state index in [-0.39, 0.29) is 0 Å². The zero-order chi connectivity index (χ0) is 15.9. The van der Waals surface area contributed by atoms with Crippen LogP contribution in [0.1, 0.15) is 0 Å². The highest BCUT2D eigenvalue weighted by molar-refractivity contribution is 5.94. The first kappa shape index (κ1) is 13.0. The highest BCUT2D eigenvalue weighted by atomic mass is 15.1. The minimum atomic E-state index is 0.741. The van der Waals surface area contributed by atoms with Crippen LogP contribution in [0.25, 0.3) is 44.7 Å². The van der Waals surface area contributed by atoms with Gasteiger partial charge in [-0.1, -0.05) is 12.1 Å². The second-order valence-electron chi connectivity index (χ2n) is 5.53. The molecule has 0 aliphatic heterocycles. The average Bonchev–Trinajstić information content (AvgIpc) is 3.25. The van der Waals surface area contributed by atoms with Crippen molar-refractivity contribution in [2.75, 3.05) is 0 Å². The van der Waals surface area contributed by atoms with Gasteiger partial charge in [-0.3, -0.25) is 15.1 Å². The lowest BCUT2D eigenvalue weighted by atomic mass is 10.1. The molecule has 5 rings (SSSR count). The number of nitrogens with one attached hydrogen (secondary N) is 2. The number of nitrogens with zero attached hydrogens (tertiary/aromatic N) is 4. The second-order valence-corrected chi connectivity index (χ2v) is 5.53. The Hall–Kier alpha value is -3.54. The molecule has 0 saturated heterocycles. The van der Waals surface area contributed by atoms with E-state index in [0.717, 1.165) is 44.7 Å². The Morgan fingerprint density at radius 2 is 1.88 bits per heavy atom. The zero-order valence-electron chi connectivity index (χ0n) is 12.6. The van der Waals surface area contributed by atoms with E-state index < -0.39 is 0 Å². The average molecular weight is 312 g/mol. The molecule has 1 aromatic carbocycles. The number of hydrogen-bond donors (Lipinski definition) is 2. The summed E-state index contributed by atoms with van der Waals surface area (Å²) in [7, 11) is 0. The number of pyridine rings is 2. The minimum Gasteiger partial charge on any atom is -0.337 e. The molecule has 0 spiro atoms. The summed E-state index contributed by atoms with van der Waals surface area (Å²) in [6.45, 7) is 0. The molecule has 4 heterocycles. The summed E-state index contributed by atoms with van der Waals surface area (Å²) >= 11 is 0. The summed E-state index contributed by atoms with van der Waals surface area (Å²) in [5.41, 5.74) is 5.40. The van der Waals surface area contributed by atoms with E-state index in [9.17, 15) is 0 Å². The number of H-pyrrole nitrogens is 2. The number of imidazole rings is 1. The van der Waals surface area contributed by atoms with Gasteiger partial charge in [-0.15, -0.1) is 0 Å². The van der Waals surface area contributed by atoms with E-state index in [1.54, 1.807) is 18.6 Å². The van der Waals surface area contributed by atoms with Gasteiger partial charge in [0.05, 0.1) is 28.4 Å². The van der Waals surface area contributed by atoms with Crippen LogP contribution in [0.2, 0.25) is 0 Å². The predicted molar refractivity (Wildman–Crippen MR) is 92.2 cm³/mol. The molecule has 24 heavy (non-hydrogen) atoms. The number of fused-ring (bicyclic) bond motifs is 2. The van der Waals surface area contributed by atoms with Crippen LogP contribution in [0.5, 0.6) is 0 Å². The molecule has 0 fully saturated rings. The number of rotatable bonds is 2. The lowest BCUT2D eigenvalue weighted by molar-refractivity contribution is 1.10. The van der Waals surface area contributed by atoms with Crippen molar-refractivity contribution in [1.82, 2.24) is 30.1 Å². The predicted octanol–water partition coefficient (Wildman–Crippen LogP) is 3.56. The van der Waals surface area contributed by atoms with Crippen molar-refractivity contribution in [3.05, 3.63) is 61.1 Å². The molecule has 0 aliphatic carbocycles. The molecule has 0 unspecified atom stereocenters. The summed E-state index contributed by atoms with van der Waals surface area (Å²) in [4.78, 5) is 16.6. The molecule has 6 heteroatoms. The molecule has 0 amide bonds. The van der Waals surface area contributed by atoms with Gasteiger partial charge in [-0.05, 0) is 30.3 Å². The maximum Gasteiger partial charge on any atom is 0.159 e. The van der Waals surface area contributed by atoms with Crippen LogP contribution in [0, 0.1) is 0 Å². The molecule has 2 N–H and O–H groups in total. The first-order valence-electron chi connectivity index (χ1n) is 7.58. The van der Waals surface area contributed by atoms with Gasteiger partial charge >= 0.3 is 0 Å². The van der Waals surface area contributed by atoms with Crippen LogP contribution >= 0.6 is 0 Å². The summed E-state index contributed by atoms with van der Waals surface area (Å²) in [6, 6.07) is 13.8. The van der Waals surface area contributed by atoms with E-state index in [2.05, 4.69) is 30.1 Å². The third-order valence-electron chi connectivity index (χ3n) is 4.02. The Morgan fingerprint density at radius 1 is 0.917 bits per heavy atom. The van der Waals surface area contributed by atoms with Crippen LogP contribution in [-0.4, -0.2) is 30.1 Å². The number of aromatic nitrogens is 6. The lowest BCUT2D eigenvalue weighted by Crippen LogP contribution is -1.85. The van der Waals surface area contributed by atoms with Gasteiger partial charge < -0.3 is 4.98 Å². The maximum absolute atomic E-state index is 4.64. The van der Waals surface area contributed by atoms with Crippen molar-refractivity contribution < 1.29 is 0 Å². The molecular weight excluding hydrogens is 300 g/mol. The minimum absolute atomic E-state index is 0.741. The Kier molecular flexibility index (Phi) is 2.69. The highest BCUT2D eigenvalue weighted by Crippen LogP contribution is 2.28. The Bertz CT molecular complexity index is 1120. The monoisotopic (exact) mass is 312 g/mol. The van der Waals surface area contributed by atoms with Gasteiger partial charge in [-0.2, -0.15) is 5.10 Å². The molecule has 0 saturated carbocycles.